The Balaban J connectivity index is 2.67. The summed E-state index contributed by atoms with van der Waals surface area (Å²) >= 11 is 0. The molecule has 0 atom stereocenters. The van der Waals surface area contributed by atoms with Crippen LogP contribution in [0.1, 0.15) is 32.2 Å². The van der Waals surface area contributed by atoms with Gasteiger partial charge >= 0.3 is 6.09 Å². The van der Waals surface area contributed by atoms with Crippen LogP contribution < -0.4 is 5.43 Å². The fourth-order valence-corrected chi connectivity index (χ4v) is 1.24. The van der Waals surface area contributed by atoms with Crippen LogP contribution in [0.5, 0.6) is 0 Å². The van der Waals surface area contributed by atoms with Gasteiger partial charge in [-0.05, 0) is 46.8 Å². The fourth-order valence-electron chi connectivity index (χ4n) is 1.24. The molecule has 1 aromatic heterocycles. The Morgan fingerprint density at radius 3 is 2.13 bits per heavy atom. The summed E-state index contributed by atoms with van der Waals surface area (Å²) in [6.07, 6.45) is -0.440. The molecule has 0 bridgehead atoms. The third-order valence-corrected chi connectivity index (χ3v) is 1.87. The second-order valence-electron chi connectivity index (χ2n) is 4.57. The summed E-state index contributed by atoms with van der Waals surface area (Å²) in [5.74, 6) is 0. The Bertz CT molecular complexity index is 342. The molecule has 1 rings (SSSR count). The highest BCUT2D eigenvalue weighted by molar-refractivity contribution is 5.76. The summed E-state index contributed by atoms with van der Waals surface area (Å²) in [6, 6.07) is 3.87. The molecule has 4 heteroatoms. The molecule has 0 aliphatic heterocycles. The first-order chi connectivity index (χ1) is 6.79. The number of carbonyl (C=O) groups is 1. The molecular formula is C11H18N2O2. The van der Waals surface area contributed by atoms with E-state index in [9.17, 15) is 4.79 Å². The van der Waals surface area contributed by atoms with E-state index in [1.165, 1.54) is 0 Å². The Morgan fingerprint density at radius 1 is 1.27 bits per heavy atom. The lowest BCUT2D eigenvalue weighted by molar-refractivity contribution is 0.0612. The van der Waals surface area contributed by atoms with Crippen LogP contribution in [0.25, 0.3) is 0 Å². The van der Waals surface area contributed by atoms with Gasteiger partial charge in [0.1, 0.15) is 5.60 Å². The monoisotopic (exact) mass is 210 g/mol. The zero-order valence-corrected chi connectivity index (χ0v) is 9.92. The molecule has 0 saturated heterocycles. The van der Waals surface area contributed by atoms with E-state index in [-0.39, 0.29) is 0 Å². The van der Waals surface area contributed by atoms with E-state index in [4.69, 9.17) is 4.74 Å². The van der Waals surface area contributed by atoms with Crippen molar-refractivity contribution in [2.75, 3.05) is 5.43 Å². The smallest absolute Gasteiger partial charge is 0.426 e. The molecule has 0 aliphatic rings. The zero-order valence-electron chi connectivity index (χ0n) is 9.92. The van der Waals surface area contributed by atoms with Gasteiger partial charge in [-0.3, -0.25) is 4.68 Å². The molecule has 1 aromatic rings. The summed E-state index contributed by atoms with van der Waals surface area (Å²) in [5.41, 5.74) is 4.14. The van der Waals surface area contributed by atoms with Gasteiger partial charge in [-0.2, -0.15) is 0 Å². The Labute approximate surface area is 90.2 Å². The first kappa shape index (κ1) is 11.6. The second-order valence-corrected chi connectivity index (χ2v) is 4.57. The fraction of sp³-hybridized carbons (Fsp3) is 0.545. The average molecular weight is 210 g/mol. The SMILES string of the molecule is Cc1ccc(C)n1NC(=O)OC(C)(C)C. The van der Waals surface area contributed by atoms with Crippen molar-refractivity contribution >= 4 is 6.09 Å². The van der Waals surface area contributed by atoms with Gasteiger partial charge in [0.15, 0.2) is 0 Å². The predicted octanol–water partition coefficient (Wildman–Crippen LogP) is 2.58. The lowest BCUT2D eigenvalue weighted by atomic mass is 10.2. The first-order valence-electron chi connectivity index (χ1n) is 4.94. The summed E-state index contributed by atoms with van der Waals surface area (Å²) in [5, 5.41) is 0. The number of carbonyl (C=O) groups excluding carboxylic acids is 1. The Kier molecular flexibility index (Phi) is 3.07. The summed E-state index contributed by atoms with van der Waals surface area (Å²) in [7, 11) is 0. The topological polar surface area (TPSA) is 43.3 Å². The van der Waals surface area contributed by atoms with Crippen LogP contribution in [0, 0.1) is 13.8 Å². The molecule has 4 nitrogen and oxygen atoms in total. The van der Waals surface area contributed by atoms with Crippen molar-refractivity contribution in [1.82, 2.24) is 4.68 Å². The molecule has 15 heavy (non-hydrogen) atoms. The van der Waals surface area contributed by atoms with E-state index in [0.29, 0.717) is 0 Å². The largest absolute Gasteiger partial charge is 0.443 e. The molecule has 0 radical (unpaired) electrons. The van der Waals surface area contributed by atoms with Gasteiger partial charge in [-0.25, -0.2) is 10.2 Å². The van der Waals surface area contributed by atoms with Crippen LogP contribution in [0.4, 0.5) is 4.79 Å². The molecule has 0 aromatic carbocycles. The standard InChI is InChI=1S/C11H18N2O2/c1-8-6-7-9(2)13(8)12-10(14)15-11(3,4)5/h6-7H,1-5H3,(H,12,14). The average Bonchev–Trinajstić information content (AvgIpc) is 2.32. The third-order valence-electron chi connectivity index (χ3n) is 1.87. The molecule has 0 unspecified atom stereocenters. The number of ether oxygens (including phenoxy) is 1. The molecular weight excluding hydrogens is 192 g/mol. The van der Waals surface area contributed by atoms with Gasteiger partial charge in [-0.1, -0.05) is 0 Å². The molecule has 0 aliphatic carbocycles. The number of hydrogen-bond acceptors (Lipinski definition) is 2. The zero-order chi connectivity index (χ0) is 11.6. The maximum Gasteiger partial charge on any atom is 0.426 e. The highest BCUT2D eigenvalue weighted by Crippen LogP contribution is 2.09. The van der Waals surface area contributed by atoms with Gasteiger partial charge in [0.2, 0.25) is 0 Å². The van der Waals surface area contributed by atoms with Crippen molar-refractivity contribution in [3.05, 3.63) is 23.5 Å². The molecule has 1 amide bonds. The van der Waals surface area contributed by atoms with Gasteiger partial charge in [-0.15, -0.1) is 0 Å². The molecule has 1 heterocycles. The minimum atomic E-state index is -0.473. The summed E-state index contributed by atoms with van der Waals surface area (Å²) in [6.45, 7) is 9.35. The lowest BCUT2D eigenvalue weighted by Gasteiger charge is -2.20. The van der Waals surface area contributed by atoms with Crippen LogP contribution in [0.2, 0.25) is 0 Å². The molecule has 0 spiro atoms. The minimum Gasteiger partial charge on any atom is -0.443 e. The van der Waals surface area contributed by atoms with Crippen LogP contribution >= 0.6 is 0 Å². The number of nitrogens with one attached hydrogen (secondary N) is 1. The van der Waals surface area contributed by atoms with Crippen molar-refractivity contribution in [3.63, 3.8) is 0 Å². The Morgan fingerprint density at radius 2 is 1.73 bits per heavy atom. The van der Waals surface area contributed by atoms with Gasteiger partial charge in [0.25, 0.3) is 0 Å². The van der Waals surface area contributed by atoms with E-state index >= 15 is 0 Å². The van der Waals surface area contributed by atoms with E-state index in [2.05, 4.69) is 5.43 Å². The van der Waals surface area contributed by atoms with Gasteiger partial charge < -0.3 is 4.74 Å². The van der Waals surface area contributed by atoms with Crippen molar-refractivity contribution in [3.8, 4) is 0 Å². The van der Waals surface area contributed by atoms with Crippen molar-refractivity contribution in [2.45, 2.75) is 40.2 Å². The number of rotatable bonds is 1. The van der Waals surface area contributed by atoms with Gasteiger partial charge in [0, 0.05) is 11.4 Å². The highest BCUT2D eigenvalue weighted by atomic mass is 16.6. The van der Waals surface area contributed by atoms with Crippen LogP contribution in [0.15, 0.2) is 12.1 Å². The number of nitrogens with zero attached hydrogens (tertiary/aromatic N) is 1. The lowest BCUT2D eigenvalue weighted by Crippen LogP contribution is -2.32. The van der Waals surface area contributed by atoms with Crippen molar-refractivity contribution < 1.29 is 9.53 Å². The number of aryl methyl sites for hydroxylation is 2. The molecule has 84 valence electrons. The van der Waals surface area contributed by atoms with E-state index in [0.717, 1.165) is 11.4 Å². The summed E-state index contributed by atoms with van der Waals surface area (Å²) in [4.78, 5) is 11.5. The van der Waals surface area contributed by atoms with E-state index in [1.807, 2.05) is 46.8 Å². The number of aromatic nitrogens is 1. The van der Waals surface area contributed by atoms with Crippen molar-refractivity contribution in [1.29, 1.82) is 0 Å². The summed E-state index contributed by atoms with van der Waals surface area (Å²) < 4.78 is 6.85. The van der Waals surface area contributed by atoms with E-state index < -0.39 is 11.7 Å². The third kappa shape index (κ3) is 3.31. The Hall–Kier alpha value is -1.45. The van der Waals surface area contributed by atoms with E-state index in [1.54, 1.807) is 4.68 Å². The van der Waals surface area contributed by atoms with Gasteiger partial charge in [0.05, 0.1) is 0 Å². The normalized spacial score (nSPS) is 11.3. The highest BCUT2D eigenvalue weighted by Gasteiger charge is 2.16. The maximum absolute atomic E-state index is 11.5. The van der Waals surface area contributed by atoms with Crippen molar-refractivity contribution in [2.24, 2.45) is 0 Å². The van der Waals surface area contributed by atoms with Crippen LogP contribution in [0.3, 0.4) is 0 Å². The number of hydrogen-bond donors (Lipinski definition) is 1. The predicted molar refractivity (Wildman–Crippen MR) is 59.5 cm³/mol. The number of amides is 1. The first-order valence-corrected chi connectivity index (χ1v) is 4.94. The van der Waals surface area contributed by atoms with Crippen LogP contribution in [-0.2, 0) is 4.74 Å². The minimum absolute atomic E-state index is 0.440. The van der Waals surface area contributed by atoms with Crippen LogP contribution in [-0.4, -0.2) is 16.4 Å². The second kappa shape index (κ2) is 3.96. The molecule has 0 fully saturated rings. The molecule has 0 saturated carbocycles. The maximum atomic E-state index is 11.5. The molecule has 1 N–H and O–H groups in total. The quantitative estimate of drug-likeness (QED) is 0.774.